The molecule has 3 heterocycles. The third-order valence-electron chi connectivity index (χ3n) is 2.27. The standard InChI is InChI=1S/C12H8N4O/c1-2-10(8-14-5-1)11-15-12(17-16-11)9-3-6-13-7-4-9/h1-8H. The molecule has 0 aliphatic heterocycles. The van der Waals surface area contributed by atoms with Crippen molar-refractivity contribution >= 4 is 0 Å². The number of hydrogen-bond acceptors (Lipinski definition) is 5. The highest BCUT2D eigenvalue weighted by Crippen LogP contribution is 2.20. The first-order valence-corrected chi connectivity index (χ1v) is 5.08. The minimum Gasteiger partial charge on any atom is -0.334 e. The van der Waals surface area contributed by atoms with E-state index < -0.39 is 0 Å². The molecule has 5 heteroatoms. The Morgan fingerprint density at radius 2 is 1.76 bits per heavy atom. The van der Waals surface area contributed by atoms with Gasteiger partial charge in [-0.15, -0.1) is 0 Å². The molecule has 17 heavy (non-hydrogen) atoms. The van der Waals surface area contributed by atoms with Gasteiger partial charge in [0.25, 0.3) is 5.89 Å². The molecular formula is C12H8N4O. The number of rotatable bonds is 2. The zero-order valence-electron chi connectivity index (χ0n) is 8.82. The van der Waals surface area contributed by atoms with Gasteiger partial charge in [0, 0.05) is 35.9 Å². The normalized spacial score (nSPS) is 10.4. The minimum atomic E-state index is 0.478. The fourth-order valence-corrected chi connectivity index (χ4v) is 1.45. The molecule has 0 spiro atoms. The van der Waals surface area contributed by atoms with E-state index in [1.54, 1.807) is 24.8 Å². The second-order valence-electron chi connectivity index (χ2n) is 3.40. The van der Waals surface area contributed by atoms with Crippen molar-refractivity contribution in [3.63, 3.8) is 0 Å². The molecule has 3 aromatic rings. The molecule has 5 nitrogen and oxygen atoms in total. The van der Waals surface area contributed by atoms with Crippen molar-refractivity contribution in [2.75, 3.05) is 0 Å². The average Bonchev–Trinajstić information content (AvgIpc) is 2.90. The summed E-state index contributed by atoms with van der Waals surface area (Å²) in [5, 5.41) is 3.92. The molecule has 0 aliphatic carbocycles. The summed E-state index contributed by atoms with van der Waals surface area (Å²) in [6.45, 7) is 0. The molecule has 0 fully saturated rings. The Hall–Kier alpha value is -2.56. The Bertz CT molecular complexity index is 553. The number of pyridine rings is 2. The van der Waals surface area contributed by atoms with E-state index in [1.807, 2.05) is 24.3 Å². The van der Waals surface area contributed by atoms with Gasteiger partial charge in [0.05, 0.1) is 0 Å². The van der Waals surface area contributed by atoms with Gasteiger partial charge in [-0.2, -0.15) is 4.98 Å². The van der Waals surface area contributed by atoms with Crippen molar-refractivity contribution in [3.05, 3.63) is 49.1 Å². The second kappa shape index (κ2) is 4.13. The summed E-state index contributed by atoms with van der Waals surface area (Å²) in [5.41, 5.74) is 1.68. The molecule has 0 unspecified atom stereocenters. The van der Waals surface area contributed by atoms with Gasteiger partial charge >= 0.3 is 0 Å². The maximum atomic E-state index is 5.19. The Labute approximate surface area is 97.2 Å². The van der Waals surface area contributed by atoms with Crippen molar-refractivity contribution in [3.8, 4) is 22.8 Å². The van der Waals surface area contributed by atoms with Crippen LogP contribution >= 0.6 is 0 Å². The van der Waals surface area contributed by atoms with E-state index in [9.17, 15) is 0 Å². The molecule has 0 saturated carbocycles. The van der Waals surface area contributed by atoms with Crippen LogP contribution in [0.1, 0.15) is 0 Å². The topological polar surface area (TPSA) is 64.7 Å². The van der Waals surface area contributed by atoms with Gasteiger partial charge in [0.15, 0.2) is 0 Å². The first-order valence-electron chi connectivity index (χ1n) is 5.08. The van der Waals surface area contributed by atoms with E-state index in [-0.39, 0.29) is 0 Å². The maximum Gasteiger partial charge on any atom is 0.258 e. The molecule has 0 atom stereocenters. The SMILES string of the molecule is c1cncc(-c2noc(-c3ccncc3)n2)c1. The quantitative estimate of drug-likeness (QED) is 0.667. The summed E-state index contributed by atoms with van der Waals surface area (Å²) >= 11 is 0. The monoisotopic (exact) mass is 224 g/mol. The van der Waals surface area contributed by atoms with E-state index in [2.05, 4.69) is 20.1 Å². The van der Waals surface area contributed by atoms with Crippen LogP contribution in [0.5, 0.6) is 0 Å². The lowest BCUT2D eigenvalue weighted by Gasteiger charge is -1.91. The molecule has 0 radical (unpaired) electrons. The van der Waals surface area contributed by atoms with Crippen LogP contribution in [0.15, 0.2) is 53.6 Å². The lowest BCUT2D eigenvalue weighted by atomic mass is 10.2. The summed E-state index contributed by atoms with van der Waals surface area (Å²) < 4.78 is 5.19. The summed E-state index contributed by atoms with van der Waals surface area (Å²) in [6, 6.07) is 7.35. The van der Waals surface area contributed by atoms with Crippen LogP contribution < -0.4 is 0 Å². The van der Waals surface area contributed by atoms with Crippen LogP contribution in [-0.4, -0.2) is 20.1 Å². The average molecular weight is 224 g/mol. The first kappa shape index (κ1) is 9.65. The Kier molecular flexibility index (Phi) is 2.34. The van der Waals surface area contributed by atoms with E-state index in [1.165, 1.54) is 0 Å². The van der Waals surface area contributed by atoms with Gasteiger partial charge in [-0.05, 0) is 24.3 Å². The molecule has 0 N–H and O–H groups in total. The highest BCUT2D eigenvalue weighted by atomic mass is 16.5. The van der Waals surface area contributed by atoms with Crippen LogP contribution in [0, 0.1) is 0 Å². The van der Waals surface area contributed by atoms with Gasteiger partial charge in [0.2, 0.25) is 5.82 Å². The highest BCUT2D eigenvalue weighted by Gasteiger charge is 2.09. The lowest BCUT2D eigenvalue weighted by molar-refractivity contribution is 0.432. The third-order valence-corrected chi connectivity index (χ3v) is 2.27. The maximum absolute atomic E-state index is 5.19. The van der Waals surface area contributed by atoms with Crippen molar-refractivity contribution in [2.24, 2.45) is 0 Å². The first-order chi connectivity index (χ1) is 8.43. The molecular weight excluding hydrogens is 216 g/mol. The van der Waals surface area contributed by atoms with Crippen LogP contribution in [0.4, 0.5) is 0 Å². The Balaban J connectivity index is 1.99. The molecule has 0 amide bonds. The molecule has 0 saturated heterocycles. The van der Waals surface area contributed by atoms with Gasteiger partial charge in [0.1, 0.15) is 0 Å². The Morgan fingerprint density at radius 3 is 2.53 bits per heavy atom. The molecule has 0 aliphatic rings. The fourth-order valence-electron chi connectivity index (χ4n) is 1.45. The predicted molar refractivity (Wildman–Crippen MR) is 60.8 cm³/mol. The molecule has 82 valence electrons. The Morgan fingerprint density at radius 1 is 0.882 bits per heavy atom. The van der Waals surface area contributed by atoms with Gasteiger partial charge in [-0.1, -0.05) is 5.16 Å². The van der Waals surface area contributed by atoms with Crippen molar-refractivity contribution in [1.82, 2.24) is 20.1 Å². The summed E-state index contributed by atoms with van der Waals surface area (Å²) in [5.74, 6) is 1.01. The molecule has 0 aromatic carbocycles. The van der Waals surface area contributed by atoms with E-state index >= 15 is 0 Å². The zero-order valence-corrected chi connectivity index (χ0v) is 8.82. The predicted octanol–water partition coefficient (Wildman–Crippen LogP) is 2.19. The lowest BCUT2D eigenvalue weighted by Crippen LogP contribution is -1.82. The van der Waals surface area contributed by atoms with E-state index in [0.29, 0.717) is 11.7 Å². The van der Waals surface area contributed by atoms with Crippen LogP contribution in [-0.2, 0) is 0 Å². The molecule has 3 rings (SSSR count). The van der Waals surface area contributed by atoms with Crippen molar-refractivity contribution < 1.29 is 4.52 Å². The number of nitrogens with zero attached hydrogens (tertiary/aromatic N) is 4. The highest BCUT2D eigenvalue weighted by molar-refractivity contribution is 5.58. The van der Waals surface area contributed by atoms with Gasteiger partial charge < -0.3 is 4.52 Å². The summed E-state index contributed by atoms with van der Waals surface area (Å²) in [4.78, 5) is 12.3. The number of aromatic nitrogens is 4. The zero-order chi connectivity index (χ0) is 11.5. The molecule has 3 aromatic heterocycles. The van der Waals surface area contributed by atoms with Crippen LogP contribution in [0.3, 0.4) is 0 Å². The summed E-state index contributed by atoms with van der Waals surface area (Å²) in [6.07, 6.45) is 6.76. The third kappa shape index (κ3) is 1.90. The van der Waals surface area contributed by atoms with Gasteiger partial charge in [-0.25, -0.2) is 0 Å². The summed E-state index contributed by atoms with van der Waals surface area (Å²) in [7, 11) is 0. The number of hydrogen-bond donors (Lipinski definition) is 0. The second-order valence-corrected chi connectivity index (χ2v) is 3.40. The van der Waals surface area contributed by atoms with E-state index in [0.717, 1.165) is 11.1 Å². The van der Waals surface area contributed by atoms with Crippen LogP contribution in [0.2, 0.25) is 0 Å². The molecule has 0 bridgehead atoms. The smallest absolute Gasteiger partial charge is 0.258 e. The van der Waals surface area contributed by atoms with E-state index in [4.69, 9.17) is 4.52 Å². The largest absolute Gasteiger partial charge is 0.334 e. The fraction of sp³-hybridized carbons (Fsp3) is 0. The van der Waals surface area contributed by atoms with Crippen molar-refractivity contribution in [1.29, 1.82) is 0 Å². The van der Waals surface area contributed by atoms with Crippen LogP contribution in [0.25, 0.3) is 22.8 Å². The minimum absolute atomic E-state index is 0.478. The van der Waals surface area contributed by atoms with Crippen molar-refractivity contribution in [2.45, 2.75) is 0 Å². The van der Waals surface area contributed by atoms with Gasteiger partial charge in [-0.3, -0.25) is 9.97 Å².